The van der Waals surface area contributed by atoms with Crippen LogP contribution in [0, 0.1) is 10.1 Å². The van der Waals surface area contributed by atoms with Gasteiger partial charge in [-0.25, -0.2) is 0 Å². The van der Waals surface area contributed by atoms with Crippen molar-refractivity contribution in [1.29, 1.82) is 0 Å². The van der Waals surface area contributed by atoms with Gasteiger partial charge in [-0.2, -0.15) is 0 Å². The summed E-state index contributed by atoms with van der Waals surface area (Å²) >= 11 is 5.03. The first kappa shape index (κ1) is 18.1. The predicted molar refractivity (Wildman–Crippen MR) is 99.5 cm³/mol. The number of nitro groups is 1. The Morgan fingerprint density at radius 2 is 2.00 bits per heavy atom. The summed E-state index contributed by atoms with van der Waals surface area (Å²) in [6.45, 7) is 0. The average molecular weight is 357 g/mol. The second-order valence-electron chi connectivity index (χ2n) is 4.83. The largest absolute Gasteiger partial charge is 0.496 e. The number of nitrogens with zero attached hydrogens (tertiary/aromatic N) is 1. The van der Waals surface area contributed by atoms with E-state index >= 15 is 0 Å². The summed E-state index contributed by atoms with van der Waals surface area (Å²) in [5, 5.41) is 16.0. The summed E-state index contributed by atoms with van der Waals surface area (Å²) in [5.41, 5.74) is 1.08. The van der Waals surface area contributed by atoms with Crippen molar-refractivity contribution in [2.45, 2.75) is 0 Å². The van der Waals surface area contributed by atoms with Crippen molar-refractivity contribution in [2.24, 2.45) is 0 Å². The van der Waals surface area contributed by atoms with E-state index in [4.69, 9.17) is 17.0 Å². The van der Waals surface area contributed by atoms with Crippen molar-refractivity contribution in [3.63, 3.8) is 0 Å². The molecule has 2 N–H and O–H groups in total. The number of para-hydroxylation sites is 1. The number of thiocarbonyl (C=S) groups is 1. The van der Waals surface area contributed by atoms with Crippen LogP contribution in [-0.2, 0) is 4.79 Å². The van der Waals surface area contributed by atoms with Crippen molar-refractivity contribution in [1.82, 2.24) is 5.32 Å². The standard InChI is InChI=1S/C17H15N3O4S/c1-24-15-8-3-2-5-12(15)9-10-16(21)19-17(25)18-13-6-4-7-14(11-13)20(22)23/h2-11H,1H3,(H2,18,19,21,25). The number of carbonyl (C=O) groups is 1. The first-order chi connectivity index (χ1) is 12.0. The molecule has 0 radical (unpaired) electrons. The van der Waals surface area contributed by atoms with Crippen molar-refractivity contribution in [3.05, 3.63) is 70.3 Å². The molecule has 2 aromatic rings. The van der Waals surface area contributed by atoms with Gasteiger partial charge in [0.05, 0.1) is 12.0 Å². The number of amides is 1. The molecule has 0 atom stereocenters. The van der Waals surface area contributed by atoms with Crippen LogP contribution in [0.5, 0.6) is 5.75 Å². The summed E-state index contributed by atoms with van der Waals surface area (Å²) in [6.07, 6.45) is 2.92. The van der Waals surface area contributed by atoms with Crippen LogP contribution >= 0.6 is 12.2 Å². The van der Waals surface area contributed by atoms with Crippen molar-refractivity contribution in [2.75, 3.05) is 12.4 Å². The highest BCUT2D eigenvalue weighted by Gasteiger charge is 2.07. The number of rotatable bonds is 5. The first-order valence-electron chi connectivity index (χ1n) is 7.17. The molecule has 0 spiro atoms. The molecular weight excluding hydrogens is 342 g/mol. The maximum Gasteiger partial charge on any atom is 0.271 e. The van der Waals surface area contributed by atoms with Crippen LogP contribution in [0.3, 0.4) is 0 Å². The molecule has 7 nitrogen and oxygen atoms in total. The Hall–Kier alpha value is -3.26. The van der Waals surface area contributed by atoms with Gasteiger partial charge < -0.3 is 10.1 Å². The van der Waals surface area contributed by atoms with E-state index in [-0.39, 0.29) is 10.8 Å². The third kappa shape index (κ3) is 5.40. The highest BCUT2D eigenvalue weighted by molar-refractivity contribution is 7.80. The van der Waals surface area contributed by atoms with Gasteiger partial charge in [0.25, 0.3) is 5.69 Å². The molecule has 0 saturated carbocycles. The van der Waals surface area contributed by atoms with Gasteiger partial charge in [0.15, 0.2) is 5.11 Å². The van der Waals surface area contributed by atoms with Crippen LogP contribution in [0.4, 0.5) is 11.4 Å². The number of ether oxygens (including phenoxy) is 1. The van der Waals surface area contributed by atoms with E-state index in [2.05, 4.69) is 10.6 Å². The number of non-ortho nitro benzene ring substituents is 1. The van der Waals surface area contributed by atoms with Gasteiger partial charge >= 0.3 is 0 Å². The summed E-state index contributed by atoms with van der Waals surface area (Å²) in [6, 6.07) is 13.1. The fourth-order valence-corrected chi connectivity index (χ4v) is 2.20. The van der Waals surface area contributed by atoms with Crippen LogP contribution in [0.25, 0.3) is 6.08 Å². The minimum Gasteiger partial charge on any atom is -0.496 e. The van der Waals surface area contributed by atoms with Crippen LogP contribution < -0.4 is 15.4 Å². The smallest absolute Gasteiger partial charge is 0.271 e. The first-order valence-corrected chi connectivity index (χ1v) is 7.58. The van der Waals surface area contributed by atoms with Crippen LogP contribution in [0.1, 0.15) is 5.56 Å². The molecule has 128 valence electrons. The van der Waals surface area contributed by atoms with E-state index in [9.17, 15) is 14.9 Å². The molecule has 0 heterocycles. The van der Waals surface area contributed by atoms with E-state index in [1.165, 1.54) is 24.3 Å². The second kappa shape index (κ2) is 8.55. The molecule has 0 aliphatic carbocycles. The molecule has 2 aromatic carbocycles. The summed E-state index contributed by atoms with van der Waals surface area (Å²) in [7, 11) is 1.55. The Balaban J connectivity index is 1.96. The molecule has 0 fully saturated rings. The summed E-state index contributed by atoms with van der Waals surface area (Å²) in [4.78, 5) is 22.2. The molecule has 0 aromatic heterocycles. The normalized spacial score (nSPS) is 10.3. The van der Waals surface area contributed by atoms with Gasteiger partial charge in [-0.15, -0.1) is 0 Å². The molecule has 25 heavy (non-hydrogen) atoms. The van der Waals surface area contributed by atoms with E-state index in [0.717, 1.165) is 5.56 Å². The zero-order chi connectivity index (χ0) is 18.2. The van der Waals surface area contributed by atoms with Gasteiger partial charge in [0.2, 0.25) is 5.91 Å². The van der Waals surface area contributed by atoms with Gasteiger partial charge in [-0.3, -0.25) is 20.2 Å². The van der Waals surface area contributed by atoms with Crippen LogP contribution in [-0.4, -0.2) is 23.1 Å². The zero-order valence-electron chi connectivity index (χ0n) is 13.3. The van der Waals surface area contributed by atoms with Gasteiger partial charge in [-0.1, -0.05) is 24.3 Å². The van der Waals surface area contributed by atoms with Gasteiger partial charge in [0, 0.05) is 29.5 Å². The zero-order valence-corrected chi connectivity index (χ0v) is 14.1. The lowest BCUT2D eigenvalue weighted by Crippen LogP contribution is -2.32. The molecule has 0 bridgehead atoms. The topological polar surface area (TPSA) is 93.5 Å². The highest BCUT2D eigenvalue weighted by atomic mass is 32.1. The number of nitrogens with one attached hydrogen (secondary N) is 2. The lowest BCUT2D eigenvalue weighted by molar-refractivity contribution is -0.384. The Bertz CT molecular complexity index is 836. The quantitative estimate of drug-likeness (QED) is 0.370. The lowest BCUT2D eigenvalue weighted by atomic mass is 10.2. The minimum atomic E-state index is -0.511. The number of methoxy groups -OCH3 is 1. The number of nitro benzene ring substituents is 1. The number of anilines is 1. The minimum absolute atomic E-state index is 0.0372. The fraction of sp³-hybridized carbons (Fsp3) is 0.0588. The Kier molecular flexibility index (Phi) is 6.19. The van der Waals surface area contributed by atoms with Crippen molar-refractivity contribution >= 4 is 40.7 Å². The van der Waals surface area contributed by atoms with Crippen LogP contribution in [0.15, 0.2) is 54.6 Å². The molecule has 0 aliphatic rings. The molecule has 0 saturated heterocycles. The maximum absolute atomic E-state index is 11.9. The van der Waals surface area contributed by atoms with Gasteiger partial charge in [0.1, 0.15) is 5.75 Å². The predicted octanol–water partition coefficient (Wildman–Crippen LogP) is 3.13. The fourth-order valence-electron chi connectivity index (χ4n) is 1.98. The van der Waals surface area contributed by atoms with Crippen LogP contribution in [0.2, 0.25) is 0 Å². The molecule has 0 aliphatic heterocycles. The maximum atomic E-state index is 11.9. The van der Waals surface area contributed by atoms with Crippen molar-refractivity contribution < 1.29 is 14.5 Å². The Morgan fingerprint density at radius 3 is 2.72 bits per heavy atom. The van der Waals surface area contributed by atoms with Gasteiger partial charge in [-0.05, 0) is 30.4 Å². The molecule has 8 heteroatoms. The van der Waals surface area contributed by atoms with E-state index < -0.39 is 10.8 Å². The van der Waals surface area contributed by atoms with E-state index in [1.54, 1.807) is 25.3 Å². The summed E-state index contributed by atoms with van der Waals surface area (Å²) in [5.74, 6) is 0.206. The molecule has 1 amide bonds. The summed E-state index contributed by atoms with van der Waals surface area (Å²) < 4.78 is 5.19. The molecular formula is C17H15N3O4S. The number of hydrogen-bond acceptors (Lipinski definition) is 5. The number of hydrogen-bond donors (Lipinski definition) is 2. The number of benzene rings is 2. The number of carbonyl (C=O) groups excluding carboxylic acids is 1. The molecule has 2 rings (SSSR count). The Morgan fingerprint density at radius 1 is 1.24 bits per heavy atom. The third-order valence-corrected chi connectivity index (χ3v) is 3.31. The second-order valence-corrected chi connectivity index (χ2v) is 5.23. The van der Waals surface area contributed by atoms with Crippen molar-refractivity contribution in [3.8, 4) is 5.75 Å². The lowest BCUT2D eigenvalue weighted by Gasteiger charge is -2.08. The molecule has 0 unspecified atom stereocenters. The Labute approximate surface area is 149 Å². The average Bonchev–Trinajstić information content (AvgIpc) is 2.60. The highest BCUT2D eigenvalue weighted by Crippen LogP contribution is 2.18. The monoisotopic (exact) mass is 357 g/mol. The SMILES string of the molecule is COc1ccccc1C=CC(=O)NC(=S)Nc1cccc([N+](=O)[O-])c1. The van der Waals surface area contributed by atoms with E-state index in [0.29, 0.717) is 11.4 Å². The third-order valence-electron chi connectivity index (χ3n) is 3.10. The van der Waals surface area contributed by atoms with E-state index in [1.807, 2.05) is 18.2 Å².